The van der Waals surface area contributed by atoms with Gasteiger partial charge >= 0.3 is 5.97 Å². The van der Waals surface area contributed by atoms with E-state index in [1.54, 1.807) is 12.1 Å². The van der Waals surface area contributed by atoms with E-state index in [4.69, 9.17) is 4.74 Å². The second-order valence-corrected chi connectivity index (χ2v) is 3.86. The topological polar surface area (TPSA) is 26.3 Å². The maximum Gasteiger partial charge on any atom is 0.338 e. The Balaban J connectivity index is 2.57. The second-order valence-electron chi connectivity index (χ2n) is 3.86. The van der Waals surface area contributed by atoms with Crippen molar-refractivity contribution in [2.75, 3.05) is 0 Å². The molecule has 0 aliphatic carbocycles. The van der Waals surface area contributed by atoms with Crippen LogP contribution in [0, 0.1) is 5.92 Å². The van der Waals surface area contributed by atoms with E-state index < -0.39 is 0 Å². The third kappa shape index (κ3) is 3.39. The fourth-order valence-electron chi connectivity index (χ4n) is 1.26. The lowest BCUT2D eigenvalue weighted by Gasteiger charge is -2.18. The van der Waals surface area contributed by atoms with Crippen LogP contribution >= 0.6 is 0 Å². The molecule has 1 aromatic rings. The number of benzene rings is 1. The minimum absolute atomic E-state index is 0.0253. The zero-order chi connectivity index (χ0) is 11.3. The summed E-state index contributed by atoms with van der Waals surface area (Å²) in [5.74, 6) is 0.168. The summed E-state index contributed by atoms with van der Waals surface area (Å²) < 4.78 is 5.35. The third-order valence-electron chi connectivity index (χ3n) is 2.75. The van der Waals surface area contributed by atoms with Gasteiger partial charge in [0.1, 0.15) is 6.10 Å². The molecular formula is C13H18O2. The van der Waals surface area contributed by atoms with Gasteiger partial charge in [-0.15, -0.1) is 0 Å². The normalized spacial score (nSPS) is 14.3. The molecular weight excluding hydrogens is 188 g/mol. The Morgan fingerprint density at radius 1 is 1.27 bits per heavy atom. The Labute approximate surface area is 91.3 Å². The van der Waals surface area contributed by atoms with Gasteiger partial charge < -0.3 is 4.74 Å². The molecule has 2 atom stereocenters. The van der Waals surface area contributed by atoms with Crippen molar-refractivity contribution in [3.05, 3.63) is 35.9 Å². The van der Waals surface area contributed by atoms with Crippen LogP contribution in [0.5, 0.6) is 0 Å². The first kappa shape index (κ1) is 11.8. The van der Waals surface area contributed by atoms with E-state index in [-0.39, 0.29) is 12.1 Å². The van der Waals surface area contributed by atoms with Crippen molar-refractivity contribution < 1.29 is 9.53 Å². The molecule has 0 fully saturated rings. The molecule has 2 nitrogen and oxygen atoms in total. The fourth-order valence-corrected chi connectivity index (χ4v) is 1.26. The number of hydrogen-bond acceptors (Lipinski definition) is 2. The number of esters is 1. The van der Waals surface area contributed by atoms with Crippen LogP contribution in [0.3, 0.4) is 0 Å². The van der Waals surface area contributed by atoms with E-state index in [1.807, 2.05) is 25.1 Å². The largest absolute Gasteiger partial charge is 0.459 e. The van der Waals surface area contributed by atoms with Gasteiger partial charge in [-0.1, -0.05) is 38.5 Å². The quantitative estimate of drug-likeness (QED) is 0.707. The third-order valence-corrected chi connectivity index (χ3v) is 2.75. The lowest BCUT2D eigenvalue weighted by Crippen LogP contribution is -2.21. The van der Waals surface area contributed by atoms with Crippen LogP contribution in [-0.2, 0) is 4.74 Å². The number of ether oxygens (including phenoxy) is 1. The van der Waals surface area contributed by atoms with Crippen molar-refractivity contribution in [1.29, 1.82) is 0 Å². The van der Waals surface area contributed by atoms with Crippen molar-refractivity contribution in [3.63, 3.8) is 0 Å². The van der Waals surface area contributed by atoms with Crippen molar-refractivity contribution in [1.82, 2.24) is 0 Å². The summed E-state index contributed by atoms with van der Waals surface area (Å²) in [4.78, 5) is 11.7. The SMILES string of the molecule is CCC(C)C(C)OC(=O)c1ccccc1. The first-order chi connectivity index (χ1) is 7.15. The predicted octanol–water partition coefficient (Wildman–Crippen LogP) is 3.28. The van der Waals surface area contributed by atoms with Crippen LogP contribution < -0.4 is 0 Å². The van der Waals surface area contributed by atoms with Gasteiger partial charge in [0.25, 0.3) is 0 Å². The molecule has 0 bridgehead atoms. The molecule has 0 aliphatic heterocycles. The molecule has 0 saturated heterocycles. The van der Waals surface area contributed by atoms with Gasteiger partial charge in [-0.2, -0.15) is 0 Å². The fraction of sp³-hybridized carbons (Fsp3) is 0.462. The Hall–Kier alpha value is -1.31. The molecule has 0 radical (unpaired) electrons. The Bertz CT molecular complexity index is 306. The molecule has 2 heteroatoms. The summed E-state index contributed by atoms with van der Waals surface area (Å²) in [6, 6.07) is 9.10. The van der Waals surface area contributed by atoms with Crippen LogP contribution in [0.4, 0.5) is 0 Å². The van der Waals surface area contributed by atoms with E-state index in [1.165, 1.54) is 0 Å². The Morgan fingerprint density at radius 3 is 2.40 bits per heavy atom. The summed E-state index contributed by atoms with van der Waals surface area (Å²) in [6.45, 7) is 6.12. The molecule has 1 rings (SSSR count). The Morgan fingerprint density at radius 2 is 1.87 bits per heavy atom. The highest BCUT2D eigenvalue weighted by Gasteiger charge is 2.15. The van der Waals surface area contributed by atoms with Gasteiger partial charge in [0.15, 0.2) is 0 Å². The number of rotatable bonds is 4. The average Bonchev–Trinajstić information content (AvgIpc) is 2.29. The highest BCUT2D eigenvalue weighted by atomic mass is 16.5. The zero-order valence-electron chi connectivity index (χ0n) is 9.57. The van der Waals surface area contributed by atoms with Gasteiger partial charge in [0.2, 0.25) is 0 Å². The first-order valence-electron chi connectivity index (χ1n) is 5.41. The molecule has 2 unspecified atom stereocenters. The highest BCUT2D eigenvalue weighted by Crippen LogP contribution is 2.13. The summed E-state index contributed by atoms with van der Waals surface area (Å²) in [5.41, 5.74) is 0.618. The van der Waals surface area contributed by atoms with Crippen molar-refractivity contribution in [2.24, 2.45) is 5.92 Å². The van der Waals surface area contributed by atoms with Crippen molar-refractivity contribution in [2.45, 2.75) is 33.3 Å². The summed E-state index contributed by atoms with van der Waals surface area (Å²) in [5, 5.41) is 0. The van der Waals surface area contributed by atoms with Gasteiger partial charge in [-0.25, -0.2) is 4.79 Å². The number of carbonyl (C=O) groups is 1. The molecule has 15 heavy (non-hydrogen) atoms. The van der Waals surface area contributed by atoms with Gasteiger partial charge in [-0.05, 0) is 25.0 Å². The number of carbonyl (C=O) groups excluding carboxylic acids is 1. The maximum atomic E-state index is 11.7. The van der Waals surface area contributed by atoms with Crippen LogP contribution in [0.2, 0.25) is 0 Å². The standard InChI is InChI=1S/C13H18O2/c1-4-10(2)11(3)15-13(14)12-8-6-5-7-9-12/h5-11H,4H2,1-3H3. The van der Waals surface area contributed by atoms with Crippen molar-refractivity contribution >= 4 is 5.97 Å². The van der Waals surface area contributed by atoms with Crippen LogP contribution in [0.1, 0.15) is 37.6 Å². The highest BCUT2D eigenvalue weighted by molar-refractivity contribution is 5.89. The second kappa shape index (κ2) is 5.54. The number of hydrogen-bond donors (Lipinski definition) is 0. The molecule has 0 aliphatic rings. The minimum Gasteiger partial charge on any atom is -0.459 e. The summed E-state index contributed by atoms with van der Waals surface area (Å²) in [7, 11) is 0. The lowest BCUT2D eigenvalue weighted by atomic mass is 10.0. The molecule has 0 amide bonds. The van der Waals surface area contributed by atoms with Crippen LogP contribution in [0.15, 0.2) is 30.3 Å². The van der Waals surface area contributed by atoms with E-state index in [2.05, 4.69) is 13.8 Å². The van der Waals surface area contributed by atoms with Gasteiger partial charge in [-0.3, -0.25) is 0 Å². The van der Waals surface area contributed by atoms with E-state index in [0.717, 1.165) is 6.42 Å². The summed E-state index contributed by atoms with van der Waals surface area (Å²) in [6.07, 6.45) is 0.992. The van der Waals surface area contributed by atoms with Gasteiger partial charge in [0.05, 0.1) is 5.56 Å². The van der Waals surface area contributed by atoms with Crippen molar-refractivity contribution in [3.8, 4) is 0 Å². The molecule has 0 N–H and O–H groups in total. The zero-order valence-corrected chi connectivity index (χ0v) is 9.57. The van der Waals surface area contributed by atoms with E-state index in [0.29, 0.717) is 11.5 Å². The summed E-state index contributed by atoms with van der Waals surface area (Å²) >= 11 is 0. The van der Waals surface area contributed by atoms with Gasteiger partial charge in [0, 0.05) is 0 Å². The van der Waals surface area contributed by atoms with Crippen LogP contribution in [-0.4, -0.2) is 12.1 Å². The first-order valence-corrected chi connectivity index (χ1v) is 5.41. The molecule has 0 aromatic heterocycles. The molecule has 1 aromatic carbocycles. The average molecular weight is 206 g/mol. The van der Waals surface area contributed by atoms with Crippen LogP contribution in [0.25, 0.3) is 0 Å². The predicted molar refractivity (Wildman–Crippen MR) is 60.8 cm³/mol. The molecule has 0 saturated carbocycles. The molecule has 82 valence electrons. The Kier molecular flexibility index (Phi) is 4.35. The van der Waals surface area contributed by atoms with E-state index >= 15 is 0 Å². The molecule has 0 heterocycles. The lowest BCUT2D eigenvalue weighted by molar-refractivity contribution is 0.0213. The molecule has 0 spiro atoms. The smallest absolute Gasteiger partial charge is 0.338 e. The minimum atomic E-state index is -0.233. The van der Waals surface area contributed by atoms with E-state index in [9.17, 15) is 4.79 Å². The monoisotopic (exact) mass is 206 g/mol. The maximum absolute atomic E-state index is 11.7.